The predicted octanol–water partition coefficient (Wildman–Crippen LogP) is 3.58. The van der Waals surface area contributed by atoms with Gasteiger partial charge in [-0.15, -0.1) is 0 Å². The van der Waals surface area contributed by atoms with Crippen LogP contribution in [0, 0.1) is 0 Å². The minimum atomic E-state index is -0.836. The van der Waals surface area contributed by atoms with Crippen molar-refractivity contribution in [2.24, 2.45) is 0 Å². The van der Waals surface area contributed by atoms with Crippen molar-refractivity contribution in [2.45, 2.75) is 19.0 Å². The molecule has 0 bridgehead atoms. The summed E-state index contributed by atoms with van der Waals surface area (Å²) in [6.45, 7) is 0.975. The zero-order valence-electron chi connectivity index (χ0n) is 11.9. The number of carboxylic acid groups (broad SMARTS) is 1. The lowest BCUT2D eigenvalue weighted by Crippen LogP contribution is -2.44. The van der Waals surface area contributed by atoms with Crippen LogP contribution in [0.4, 0.5) is 5.69 Å². The standard InChI is InChI=1S/C17H16ClNO3/c18-13-6-7-16-15(8-13)19(10-12-4-2-1-3-5-12)14(11-22-16)9-17(20)21/h1-8,14H,9-11H2,(H,20,21). The number of ether oxygens (including phenoxy) is 1. The van der Waals surface area contributed by atoms with Gasteiger partial charge in [-0.2, -0.15) is 0 Å². The lowest BCUT2D eigenvalue weighted by molar-refractivity contribution is -0.137. The molecule has 4 nitrogen and oxygen atoms in total. The van der Waals surface area contributed by atoms with Gasteiger partial charge in [0.2, 0.25) is 0 Å². The molecule has 1 aliphatic rings. The molecule has 2 aromatic carbocycles. The van der Waals surface area contributed by atoms with E-state index in [1.165, 1.54) is 0 Å². The van der Waals surface area contributed by atoms with Crippen molar-refractivity contribution in [1.82, 2.24) is 0 Å². The zero-order valence-corrected chi connectivity index (χ0v) is 12.7. The highest BCUT2D eigenvalue weighted by molar-refractivity contribution is 6.31. The number of carboxylic acids is 1. The molecular weight excluding hydrogens is 302 g/mol. The average Bonchev–Trinajstić information content (AvgIpc) is 2.50. The quantitative estimate of drug-likeness (QED) is 0.936. The zero-order chi connectivity index (χ0) is 15.5. The van der Waals surface area contributed by atoms with Crippen LogP contribution >= 0.6 is 11.6 Å². The second-order valence-corrected chi connectivity index (χ2v) is 5.72. The molecule has 2 aromatic rings. The van der Waals surface area contributed by atoms with Crippen LogP contribution in [0.1, 0.15) is 12.0 Å². The van der Waals surface area contributed by atoms with E-state index in [1.54, 1.807) is 6.07 Å². The van der Waals surface area contributed by atoms with Gasteiger partial charge in [-0.3, -0.25) is 4.79 Å². The van der Waals surface area contributed by atoms with Gasteiger partial charge in [-0.1, -0.05) is 41.9 Å². The summed E-state index contributed by atoms with van der Waals surface area (Å²) in [5.74, 6) is -0.0980. The lowest BCUT2D eigenvalue weighted by Gasteiger charge is -2.38. The lowest BCUT2D eigenvalue weighted by atomic mass is 10.1. The van der Waals surface area contributed by atoms with Gasteiger partial charge in [0.1, 0.15) is 12.4 Å². The third kappa shape index (κ3) is 3.17. The Hall–Kier alpha value is -2.20. The monoisotopic (exact) mass is 317 g/mol. The molecule has 1 atom stereocenters. The third-order valence-electron chi connectivity index (χ3n) is 3.71. The number of anilines is 1. The average molecular weight is 318 g/mol. The molecule has 0 amide bonds. The number of aliphatic carboxylic acids is 1. The van der Waals surface area contributed by atoms with E-state index in [4.69, 9.17) is 21.4 Å². The molecule has 114 valence electrons. The van der Waals surface area contributed by atoms with Crippen molar-refractivity contribution in [1.29, 1.82) is 0 Å². The number of hydrogen-bond acceptors (Lipinski definition) is 3. The van der Waals surface area contributed by atoms with Gasteiger partial charge in [0.05, 0.1) is 18.2 Å². The first-order valence-corrected chi connectivity index (χ1v) is 7.46. The molecule has 0 aromatic heterocycles. The Morgan fingerprint density at radius 3 is 2.77 bits per heavy atom. The minimum absolute atomic E-state index is 0.0266. The molecular formula is C17H16ClNO3. The van der Waals surface area contributed by atoms with Crippen molar-refractivity contribution in [3.05, 3.63) is 59.1 Å². The summed E-state index contributed by atoms with van der Waals surface area (Å²) in [6.07, 6.45) is 0.0266. The predicted molar refractivity (Wildman–Crippen MR) is 85.6 cm³/mol. The van der Waals surface area contributed by atoms with Crippen molar-refractivity contribution in [2.75, 3.05) is 11.5 Å². The molecule has 1 N–H and O–H groups in total. The molecule has 0 aliphatic carbocycles. The number of fused-ring (bicyclic) bond motifs is 1. The summed E-state index contributed by atoms with van der Waals surface area (Å²) in [4.78, 5) is 13.2. The van der Waals surface area contributed by atoms with Crippen LogP contribution in [0.2, 0.25) is 5.02 Å². The van der Waals surface area contributed by atoms with Crippen LogP contribution in [0.5, 0.6) is 5.75 Å². The SMILES string of the molecule is O=C(O)CC1COc2ccc(Cl)cc2N1Cc1ccccc1. The largest absolute Gasteiger partial charge is 0.489 e. The molecule has 3 rings (SSSR count). The van der Waals surface area contributed by atoms with E-state index in [1.807, 2.05) is 42.5 Å². The number of nitrogens with zero attached hydrogens (tertiary/aromatic N) is 1. The van der Waals surface area contributed by atoms with Gasteiger partial charge in [0.15, 0.2) is 0 Å². The van der Waals surface area contributed by atoms with Crippen LogP contribution in [0.3, 0.4) is 0 Å². The maximum absolute atomic E-state index is 11.1. The molecule has 1 heterocycles. The highest BCUT2D eigenvalue weighted by Gasteiger charge is 2.29. The van der Waals surface area contributed by atoms with Crippen LogP contribution in [-0.2, 0) is 11.3 Å². The maximum Gasteiger partial charge on any atom is 0.305 e. The molecule has 0 spiro atoms. The van der Waals surface area contributed by atoms with Gasteiger partial charge >= 0.3 is 5.97 Å². The molecule has 0 saturated heterocycles. The molecule has 0 fully saturated rings. The van der Waals surface area contributed by atoms with E-state index < -0.39 is 5.97 Å². The van der Waals surface area contributed by atoms with E-state index in [2.05, 4.69) is 4.90 Å². The van der Waals surface area contributed by atoms with E-state index in [0.717, 1.165) is 17.0 Å². The highest BCUT2D eigenvalue weighted by atomic mass is 35.5. The molecule has 0 saturated carbocycles. The topological polar surface area (TPSA) is 49.8 Å². The van der Waals surface area contributed by atoms with Gasteiger partial charge in [0, 0.05) is 11.6 Å². The Labute approximate surface area is 133 Å². The minimum Gasteiger partial charge on any atom is -0.489 e. The summed E-state index contributed by atoms with van der Waals surface area (Å²) < 4.78 is 5.70. The smallest absolute Gasteiger partial charge is 0.305 e. The van der Waals surface area contributed by atoms with E-state index >= 15 is 0 Å². The Bertz CT molecular complexity index is 675. The van der Waals surface area contributed by atoms with E-state index in [9.17, 15) is 4.79 Å². The first-order chi connectivity index (χ1) is 10.6. The number of rotatable bonds is 4. The second-order valence-electron chi connectivity index (χ2n) is 5.29. The maximum atomic E-state index is 11.1. The van der Waals surface area contributed by atoms with Gasteiger partial charge < -0.3 is 14.7 Å². The fourth-order valence-corrected chi connectivity index (χ4v) is 2.84. The van der Waals surface area contributed by atoms with Gasteiger partial charge in [0.25, 0.3) is 0 Å². The van der Waals surface area contributed by atoms with Crippen LogP contribution in [0.15, 0.2) is 48.5 Å². The Morgan fingerprint density at radius 2 is 2.05 bits per heavy atom. The van der Waals surface area contributed by atoms with Gasteiger partial charge in [-0.25, -0.2) is 0 Å². The molecule has 22 heavy (non-hydrogen) atoms. The fraction of sp³-hybridized carbons (Fsp3) is 0.235. The van der Waals surface area contributed by atoms with Gasteiger partial charge in [-0.05, 0) is 23.8 Å². The molecule has 1 aliphatic heterocycles. The first-order valence-electron chi connectivity index (χ1n) is 7.08. The van der Waals surface area contributed by atoms with Crippen molar-refractivity contribution >= 4 is 23.3 Å². The Balaban J connectivity index is 1.95. The van der Waals surface area contributed by atoms with E-state index in [0.29, 0.717) is 18.2 Å². The first kappa shape index (κ1) is 14.7. The van der Waals surface area contributed by atoms with Crippen molar-refractivity contribution < 1.29 is 14.6 Å². The van der Waals surface area contributed by atoms with Crippen molar-refractivity contribution in [3.8, 4) is 5.75 Å². The number of carbonyl (C=O) groups is 1. The molecule has 5 heteroatoms. The molecule has 1 unspecified atom stereocenters. The Kier molecular flexibility index (Phi) is 4.20. The molecule has 0 radical (unpaired) electrons. The normalized spacial score (nSPS) is 16.8. The Morgan fingerprint density at radius 1 is 1.27 bits per heavy atom. The summed E-state index contributed by atoms with van der Waals surface area (Å²) in [5.41, 5.74) is 1.96. The van der Waals surface area contributed by atoms with E-state index in [-0.39, 0.29) is 12.5 Å². The summed E-state index contributed by atoms with van der Waals surface area (Å²) in [5, 5.41) is 9.75. The fourth-order valence-electron chi connectivity index (χ4n) is 2.67. The van der Waals surface area contributed by atoms with Crippen LogP contribution in [0.25, 0.3) is 0 Å². The van der Waals surface area contributed by atoms with Crippen LogP contribution in [-0.4, -0.2) is 23.7 Å². The van der Waals surface area contributed by atoms with Crippen molar-refractivity contribution in [3.63, 3.8) is 0 Å². The number of halogens is 1. The second kappa shape index (κ2) is 6.28. The summed E-state index contributed by atoms with van der Waals surface area (Å²) >= 11 is 6.10. The summed E-state index contributed by atoms with van der Waals surface area (Å²) in [7, 11) is 0. The summed E-state index contributed by atoms with van der Waals surface area (Å²) in [6, 6.07) is 15.2. The van der Waals surface area contributed by atoms with Crippen LogP contribution < -0.4 is 9.64 Å². The number of hydrogen-bond donors (Lipinski definition) is 1. The number of benzene rings is 2. The third-order valence-corrected chi connectivity index (χ3v) is 3.94. The highest BCUT2D eigenvalue weighted by Crippen LogP contribution is 2.37.